The first kappa shape index (κ1) is 11.1. The van der Waals surface area contributed by atoms with Gasteiger partial charge in [0, 0.05) is 23.8 Å². The normalized spacial score (nSPS) is 9.94. The van der Waals surface area contributed by atoms with Gasteiger partial charge in [-0.1, -0.05) is 6.07 Å². The van der Waals surface area contributed by atoms with Crippen molar-refractivity contribution in [1.29, 1.82) is 0 Å². The molecule has 86 valence electrons. The molecule has 0 unspecified atom stereocenters. The highest BCUT2D eigenvalue weighted by Gasteiger charge is 2.09. The summed E-state index contributed by atoms with van der Waals surface area (Å²) < 4.78 is 12.9. The fourth-order valence-electron chi connectivity index (χ4n) is 1.36. The Morgan fingerprint density at radius 3 is 2.88 bits per heavy atom. The summed E-state index contributed by atoms with van der Waals surface area (Å²) >= 11 is 0. The fraction of sp³-hybridized carbons (Fsp3) is 0. The number of amides is 1. The molecule has 3 N–H and O–H groups in total. The number of rotatable bonds is 2. The van der Waals surface area contributed by atoms with Gasteiger partial charge in [0.25, 0.3) is 5.91 Å². The molecule has 0 aliphatic rings. The highest BCUT2D eigenvalue weighted by Crippen LogP contribution is 2.14. The molecule has 0 spiro atoms. The lowest BCUT2D eigenvalue weighted by Crippen LogP contribution is -2.14. The Bertz CT molecular complexity index is 557. The van der Waals surface area contributed by atoms with E-state index in [1.807, 2.05) is 0 Å². The highest BCUT2D eigenvalue weighted by molar-refractivity contribution is 6.07. The summed E-state index contributed by atoms with van der Waals surface area (Å²) in [6, 6.07) is 7.16. The van der Waals surface area contributed by atoms with Gasteiger partial charge in [0.15, 0.2) is 0 Å². The molecule has 5 heteroatoms. The summed E-state index contributed by atoms with van der Waals surface area (Å²) in [4.78, 5) is 15.6. The van der Waals surface area contributed by atoms with E-state index < -0.39 is 11.7 Å². The van der Waals surface area contributed by atoms with E-state index in [1.54, 1.807) is 6.07 Å². The summed E-state index contributed by atoms with van der Waals surface area (Å²) in [6.07, 6.45) is 2.86. The molecule has 4 nitrogen and oxygen atoms in total. The number of carbonyl (C=O) groups excluding carboxylic acids is 1. The minimum Gasteiger partial charge on any atom is -0.398 e. The monoisotopic (exact) mass is 231 g/mol. The van der Waals surface area contributed by atoms with Crippen LogP contribution >= 0.6 is 0 Å². The van der Waals surface area contributed by atoms with Crippen LogP contribution in [-0.2, 0) is 0 Å². The van der Waals surface area contributed by atoms with E-state index in [4.69, 9.17) is 5.73 Å². The lowest BCUT2D eigenvalue weighted by Gasteiger charge is -2.06. The zero-order chi connectivity index (χ0) is 12.3. The zero-order valence-electron chi connectivity index (χ0n) is 8.85. The van der Waals surface area contributed by atoms with Crippen molar-refractivity contribution in [3.63, 3.8) is 0 Å². The van der Waals surface area contributed by atoms with E-state index in [9.17, 15) is 9.18 Å². The van der Waals surface area contributed by atoms with Gasteiger partial charge in [-0.2, -0.15) is 0 Å². The van der Waals surface area contributed by atoms with Gasteiger partial charge in [0.2, 0.25) is 0 Å². The molecule has 1 aromatic heterocycles. The van der Waals surface area contributed by atoms with Gasteiger partial charge in [0.05, 0.1) is 5.56 Å². The lowest BCUT2D eigenvalue weighted by atomic mass is 10.2. The average Bonchev–Trinajstić information content (AvgIpc) is 2.29. The molecule has 1 amide bonds. The number of pyridine rings is 1. The number of nitrogen functional groups attached to an aromatic ring is 1. The minimum absolute atomic E-state index is 0.261. The summed E-state index contributed by atoms with van der Waals surface area (Å²) in [5, 5.41) is 2.54. The van der Waals surface area contributed by atoms with Crippen molar-refractivity contribution in [3.8, 4) is 0 Å². The molecule has 0 aliphatic carbocycles. The molecule has 2 aromatic rings. The van der Waals surface area contributed by atoms with E-state index in [2.05, 4.69) is 10.3 Å². The Kier molecular flexibility index (Phi) is 3.00. The van der Waals surface area contributed by atoms with Crippen molar-refractivity contribution < 1.29 is 9.18 Å². The SMILES string of the molecule is Nc1ccncc1C(=O)Nc1cccc(F)c1. The Hall–Kier alpha value is -2.43. The van der Waals surface area contributed by atoms with E-state index in [-0.39, 0.29) is 5.56 Å². The lowest BCUT2D eigenvalue weighted by molar-refractivity contribution is 0.102. The molecule has 0 aliphatic heterocycles. The number of aromatic nitrogens is 1. The zero-order valence-corrected chi connectivity index (χ0v) is 8.85. The number of nitrogens with zero attached hydrogens (tertiary/aromatic N) is 1. The average molecular weight is 231 g/mol. The van der Waals surface area contributed by atoms with Gasteiger partial charge in [-0.25, -0.2) is 4.39 Å². The van der Waals surface area contributed by atoms with Crippen LogP contribution in [0.4, 0.5) is 15.8 Å². The van der Waals surface area contributed by atoms with E-state index in [0.29, 0.717) is 11.4 Å². The third-order valence-electron chi connectivity index (χ3n) is 2.18. The smallest absolute Gasteiger partial charge is 0.259 e. The molecule has 1 heterocycles. The quantitative estimate of drug-likeness (QED) is 0.831. The van der Waals surface area contributed by atoms with Crippen LogP contribution in [0.15, 0.2) is 42.7 Å². The second kappa shape index (κ2) is 4.61. The largest absolute Gasteiger partial charge is 0.398 e. The van der Waals surface area contributed by atoms with Crippen LogP contribution < -0.4 is 11.1 Å². The third-order valence-corrected chi connectivity index (χ3v) is 2.18. The van der Waals surface area contributed by atoms with Crippen LogP contribution in [0, 0.1) is 5.82 Å². The maximum absolute atomic E-state index is 12.9. The molecule has 2 rings (SSSR count). The highest BCUT2D eigenvalue weighted by atomic mass is 19.1. The van der Waals surface area contributed by atoms with Crippen LogP contribution in [0.2, 0.25) is 0 Å². The molecule has 0 fully saturated rings. The van der Waals surface area contributed by atoms with E-state index >= 15 is 0 Å². The summed E-state index contributed by atoms with van der Waals surface area (Å²) in [5.74, 6) is -0.830. The maximum Gasteiger partial charge on any atom is 0.259 e. The van der Waals surface area contributed by atoms with E-state index in [0.717, 1.165) is 0 Å². The van der Waals surface area contributed by atoms with Crippen molar-refractivity contribution in [2.75, 3.05) is 11.1 Å². The first-order chi connectivity index (χ1) is 8.16. The molecular formula is C12H10FN3O. The Balaban J connectivity index is 2.20. The molecule has 0 saturated heterocycles. The predicted molar refractivity (Wildman–Crippen MR) is 63.0 cm³/mol. The Morgan fingerprint density at radius 1 is 1.35 bits per heavy atom. The number of benzene rings is 1. The summed E-state index contributed by atoms with van der Waals surface area (Å²) in [5.41, 5.74) is 6.59. The molecule has 0 radical (unpaired) electrons. The van der Waals surface area contributed by atoms with Gasteiger partial charge in [-0.05, 0) is 24.3 Å². The van der Waals surface area contributed by atoms with Crippen LogP contribution in [0.25, 0.3) is 0 Å². The number of halogens is 1. The van der Waals surface area contributed by atoms with Gasteiger partial charge in [-0.15, -0.1) is 0 Å². The maximum atomic E-state index is 12.9. The Labute approximate surface area is 97.3 Å². The van der Waals surface area contributed by atoms with Gasteiger partial charge < -0.3 is 11.1 Å². The van der Waals surface area contributed by atoms with Crippen molar-refractivity contribution in [3.05, 3.63) is 54.1 Å². The van der Waals surface area contributed by atoms with Crippen molar-refractivity contribution in [1.82, 2.24) is 4.98 Å². The number of anilines is 2. The number of hydrogen-bond acceptors (Lipinski definition) is 3. The molecule has 0 bridgehead atoms. The van der Waals surface area contributed by atoms with Crippen molar-refractivity contribution >= 4 is 17.3 Å². The predicted octanol–water partition coefficient (Wildman–Crippen LogP) is 2.06. The van der Waals surface area contributed by atoms with Gasteiger partial charge in [0.1, 0.15) is 5.82 Å². The van der Waals surface area contributed by atoms with Crippen LogP contribution in [0.3, 0.4) is 0 Å². The molecule has 0 atom stereocenters. The first-order valence-electron chi connectivity index (χ1n) is 4.93. The second-order valence-electron chi connectivity index (χ2n) is 3.43. The molecule has 17 heavy (non-hydrogen) atoms. The topological polar surface area (TPSA) is 68.0 Å². The molecule has 1 aromatic carbocycles. The number of nitrogens with one attached hydrogen (secondary N) is 1. The second-order valence-corrected chi connectivity index (χ2v) is 3.43. The van der Waals surface area contributed by atoms with E-state index in [1.165, 1.54) is 36.7 Å². The van der Waals surface area contributed by atoms with Crippen LogP contribution in [0.1, 0.15) is 10.4 Å². The van der Waals surface area contributed by atoms with Crippen molar-refractivity contribution in [2.24, 2.45) is 0 Å². The standard InChI is InChI=1S/C12H10FN3O/c13-8-2-1-3-9(6-8)16-12(17)10-7-15-5-4-11(10)14/h1-7H,(H2,14,15)(H,16,17). The third kappa shape index (κ3) is 2.57. The number of nitrogens with two attached hydrogens (primary N) is 1. The number of hydrogen-bond donors (Lipinski definition) is 2. The van der Waals surface area contributed by atoms with Gasteiger partial charge >= 0.3 is 0 Å². The van der Waals surface area contributed by atoms with Crippen molar-refractivity contribution in [2.45, 2.75) is 0 Å². The fourth-order valence-corrected chi connectivity index (χ4v) is 1.36. The Morgan fingerprint density at radius 2 is 2.18 bits per heavy atom. The molecular weight excluding hydrogens is 221 g/mol. The molecule has 0 saturated carbocycles. The van der Waals surface area contributed by atoms with Gasteiger partial charge in [-0.3, -0.25) is 9.78 Å². The summed E-state index contributed by atoms with van der Waals surface area (Å²) in [6.45, 7) is 0. The minimum atomic E-state index is -0.416. The summed E-state index contributed by atoms with van der Waals surface area (Å²) in [7, 11) is 0. The van der Waals surface area contributed by atoms with Crippen LogP contribution in [0.5, 0.6) is 0 Å². The first-order valence-corrected chi connectivity index (χ1v) is 4.93. The number of carbonyl (C=O) groups is 1. The van der Waals surface area contributed by atoms with Crippen LogP contribution in [-0.4, -0.2) is 10.9 Å².